The Morgan fingerprint density at radius 3 is 2.29 bits per heavy atom. The zero-order chi connectivity index (χ0) is 24.9. The van der Waals surface area contributed by atoms with Crippen molar-refractivity contribution < 1.29 is 41.8 Å². The first-order valence-corrected chi connectivity index (χ1v) is 9.61. The van der Waals surface area contributed by atoms with Crippen LogP contribution in [-0.2, 0) is 15.7 Å². The van der Waals surface area contributed by atoms with E-state index in [-0.39, 0.29) is 29.7 Å². The molecule has 0 atom stereocenters. The van der Waals surface area contributed by atoms with Crippen molar-refractivity contribution in [1.29, 1.82) is 0 Å². The van der Waals surface area contributed by atoms with E-state index >= 15 is 0 Å². The second kappa shape index (κ2) is 10.3. The van der Waals surface area contributed by atoms with Crippen molar-refractivity contribution in [3.63, 3.8) is 0 Å². The Kier molecular flexibility index (Phi) is 7.41. The molecule has 1 aromatic heterocycles. The molecule has 3 rings (SSSR count). The van der Waals surface area contributed by atoms with Gasteiger partial charge in [0.1, 0.15) is 22.3 Å². The van der Waals surface area contributed by atoms with Crippen molar-refractivity contribution in [2.24, 2.45) is 0 Å². The lowest BCUT2D eigenvalue weighted by atomic mass is 10.2. The summed E-state index contributed by atoms with van der Waals surface area (Å²) in [6.07, 6.45) is -4.09. The van der Waals surface area contributed by atoms with E-state index in [1.54, 1.807) is 0 Å². The van der Waals surface area contributed by atoms with E-state index in [4.69, 9.17) is 25.8 Å². The first-order chi connectivity index (χ1) is 16.1. The molecule has 34 heavy (non-hydrogen) atoms. The van der Waals surface area contributed by atoms with Gasteiger partial charge in [-0.25, -0.2) is 9.78 Å². The van der Waals surface area contributed by atoms with Gasteiger partial charge in [-0.2, -0.15) is 13.2 Å². The quantitative estimate of drug-likeness (QED) is 0.218. The van der Waals surface area contributed by atoms with Crippen LogP contribution in [0, 0.1) is 10.1 Å². The number of benzene rings is 2. The molecule has 178 valence electrons. The minimum atomic E-state index is -4.64. The number of hydrogen-bond acceptors (Lipinski definition) is 8. The van der Waals surface area contributed by atoms with Crippen molar-refractivity contribution in [2.45, 2.75) is 6.18 Å². The molecule has 2 aromatic carbocycles. The van der Waals surface area contributed by atoms with Crippen molar-refractivity contribution in [3.05, 3.63) is 75.4 Å². The minimum absolute atomic E-state index is 0.0206. The molecule has 0 N–H and O–H groups in total. The van der Waals surface area contributed by atoms with E-state index in [0.717, 1.165) is 12.1 Å². The summed E-state index contributed by atoms with van der Waals surface area (Å²) in [5, 5.41) is 11.0. The molecule has 0 bridgehead atoms. The highest BCUT2D eigenvalue weighted by molar-refractivity contribution is 6.31. The molecule has 0 aliphatic carbocycles. The van der Waals surface area contributed by atoms with Gasteiger partial charge in [0.15, 0.2) is 6.61 Å². The smallest absolute Gasteiger partial charge is 0.417 e. The summed E-state index contributed by atoms with van der Waals surface area (Å²) in [7, 11) is 1.22. The largest absolute Gasteiger partial charge is 0.482 e. The minimum Gasteiger partial charge on any atom is -0.482 e. The lowest BCUT2D eigenvalue weighted by Crippen LogP contribution is -2.12. The Morgan fingerprint density at radius 2 is 1.71 bits per heavy atom. The number of rotatable bonds is 8. The number of ether oxygens (including phenoxy) is 4. The van der Waals surface area contributed by atoms with Gasteiger partial charge in [-0.15, -0.1) is 0 Å². The summed E-state index contributed by atoms with van der Waals surface area (Å²) >= 11 is 5.84. The standard InChI is InChI=1S/C21H14ClF3N2O7/c1-31-19(28)11-32-13-2-4-14(5-3-13)33-18-9-15(6-7-17(18)27(29)30)34-20-16(22)8-12(10-26-20)21(23,24)25/h2-10H,11H2,1H3. The van der Waals surface area contributed by atoms with Crippen molar-refractivity contribution >= 4 is 23.3 Å². The number of alkyl halides is 3. The summed E-state index contributed by atoms with van der Waals surface area (Å²) in [6, 6.07) is 9.94. The van der Waals surface area contributed by atoms with E-state index < -0.39 is 33.3 Å². The van der Waals surface area contributed by atoms with Gasteiger partial charge in [-0.3, -0.25) is 10.1 Å². The number of aromatic nitrogens is 1. The number of nitro groups is 1. The lowest BCUT2D eigenvalue weighted by Gasteiger charge is -2.12. The Hall–Kier alpha value is -4.06. The second-order valence-electron chi connectivity index (χ2n) is 6.44. The monoisotopic (exact) mass is 498 g/mol. The number of halogens is 4. The Bertz CT molecular complexity index is 1200. The molecular formula is C21H14ClF3N2O7. The summed E-state index contributed by atoms with van der Waals surface area (Å²) in [6.45, 7) is -0.303. The zero-order valence-corrected chi connectivity index (χ0v) is 17.9. The van der Waals surface area contributed by atoms with Crippen LogP contribution in [0.5, 0.6) is 28.9 Å². The van der Waals surface area contributed by atoms with Crippen LogP contribution in [0.1, 0.15) is 5.56 Å². The maximum absolute atomic E-state index is 12.8. The average molecular weight is 499 g/mol. The maximum Gasteiger partial charge on any atom is 0.417 e. The van der Waals surface area contributed by atoms with Crippen molar-refractivity contribution in [3.8, 4) is 28.9 Å². The third-order valence-corrected chi connectivity index (χ3v) is 4.38. The second-order valence-corrected chi connectivity index (χ2v) is 6.84. The molecule has 13 heteroatoms. The van der Waals surface area contributed by atoms with E-state index in [0.29, 0.717) is 18.0 Å². The fourth-order valence-corrected chi connectivity index (χ4v) is 2.69. The highest BCUT2D eigenvalue weighted by Crippen LogP contribution is 2.38. The number of carbonyl (C=O) groups excluding carboxylic acids is 1. The molecule has 0 radical (unpaired) electrons. The molecule has 1 heterocycles. The maximum atomic E-state index is 12.8. The number of pyridine rings is 1. The summed E-state index contributed by atoms with van der Waals surface area (Å²) in [5.74, 6) is -0.623. The third kappa shape index (κ3) is 6.25. The van der Waals surface area contributed by atoms with Gasteiger partial charge in [0.05, 0.1) is 17.6 Å². The van der Waals surface area contributed by atoms with Crippen LogP contribution < -0.4 is 14.2 Å². The van der Waals surface area contributed by atoms with E-state index in [2.05, 4.69) is 9.72 Å². The van der Waals surface area contributed by atoms with Gasteiger partial charge in [0, 0.05) is 18.3 Å². The van der Waals surface area contributed by atoms with Crippen LogP contribution in [0.25, 0.3) is 0 Å². The number of nitrogens with zero attached hydrogens (tertiary/aromatic N) is 2. The van der Waals surface area contributed by atoms with Crippen LogP contribution >= 0.6 is 11.6 Å². The van der Waals surface area contributed by atoms with Gasteiger partial charge in [-0.05, 0) is 36.4 Å². The Balaban J connectivity index is 1.80. The fraction of sp³-hybridized carbons (Fsp3) is 0.143. The third-order valence-electron chi connectivity index (χ3n) is 4.11. The number of carbonyl (C=O) groups is 1. The Morgan fingerprint density at radius 1 is 1.06 bits per heavy atom. The van der Waals surface area contributed by atoms with E-state index in [9.17, 15) is 28.1 Å². The molecule has 0 aliphatic heterocycles. The molecule has 0 amide bonds. The normalized spacial score (nSPS) is 11.0. The van der Waals surface area contributed by atoms with Gasteiger partial charge in [0.2, 0.25) is 11.6 Å². The number of hydrogen-bond donors (Lipinski definition) is 0. The van der Waals surface area contributed by atoms with Crippen LogP contribution in [0.3, 0.4) is 0 Å². The number of nitro benzene ring substituents is 1. The van der Waals surface area contributed by atoms with Gasteiger partial charge in [-0.1, -0.05) is 11.6 Å². The SMILES string of the molecule is COC(=O)COc1ccc(Oc2cc(Oc3ncc(C(F)(F)F)cc3Cl)ccc2[N+](=O)[O-])cc1. The summed E-state index contributed by atoms with van der Waals surface area (Å²) in [4.78, 5) is 25.4. The molecule has 0 unspecified atom stereocenters. The molecule has 0 saturated carbocycles. The van der Waals surface area contributed by atoms with E-state index in [1.807, 2.05) is 0 Å². The van der Waals surface area contributed by atoms with E-state index in [1.165, 1.54) is 37.4 Å². The van der Waals surface area contributed by atoms with Crippen LogP contribution in [0.4, 0.5) is 18.9 Å². The molecule has 0 spiro atoms. The molecule has 9 nitrogen and oxygen atoms in total. The summed E-state index contributed by atoms with van der Waals surface area (Å²) < 4.78 is 59.0. The van der Waals surface area contributed by atoms with Crippen molar-refractivity contribution in [2.75, 3.05) is 13.7 Å². The van der Waals surface area contributed by atoms with Crippen LogP contribution in [0.15, 0.2) is 54.7 Å². The highest BCUT2D eigenvalue weighted by atomic mass is 35.5. The molecule has 0 aliphatic rings. The van der Waals surface area contributed by atoms with Crippen LogP contribution in [-0.4, -0.2) is 29.6 Å². The Labute approximate surface area is 194 Å². The lowest BCUT2D eigenvalue weighted by molar-refractivity contribution is -0.385. The topological polar surface area (TPSA) is 110 Å². The predicted molar refractivity (Wildman–Crippen MR) is 111 cm³/mol. The fourth-order valence-electron chi connectivity index (χ4n) is 2.49. The van der Waals surface area contributed by atoms with Crippen LogP contribution in [0.2, 0.25) is 5.02 Å². The zero-order valence-electron chi connectivity index (χ0n) is 17.2. The number of esters is 1. The number of methoxy groups -OCH3 is 1. The van der Waals surface area contributed by atoms with Gasteiger partial charge in [0.25, 0.3) is 0 Å². The van der Waals surface area contributed by atoms with Crippen molar-refractivity contribution in [1.82, 2.24) is 4.98 Å². The first kappa shape index (κ1) is 24.6. The molecule has 0 saturated heterocycles. The molecule has 0 fully saturated rings. The average Bonchev–Trinajstić information content (AvgIpc) is 2.79. The highest BCUT2D eigenvalue weighted by Gasteiger charge is 2.32. The summed E-state index contributed by atoms with van der Waals surface area (Å²) in [5.41, 5.74) is -1.46. The first-order valence-electron chi connectivity index (χ1n) is 9.23. The molecule has 3 aromatic rings. The predicted octanol–water partition coefficient (Wildman–Crippen LogP) is 5.80. The van der Waals surface area contributed by atoms with Gasteiger partial charge >= 0.3 is 17.8 Å². The molecular weight excluding hydrogens is 485 g/mol. The van der Waals surface area contributed by atoms with Gasteiger partial charge < -0.3 is 18.9 Å².